The summed E-state index contributed by atoms with van der Waals surface area (Å²) in [6.07, 6.45) is -20.1. The maximum Gasteiger partial charge on any atom is 0.428 e. The molecular formula is C22H33F9O6. The molecule has 0 aromatic rings. The van der Waals surface area contributed by atoms with Crippen LogP contribution in [0.3, 0.4) is 0 Å². The molecule has 15 heteroatoms. The van der Waals surface area contributed by atoms with E-state index in [1.165, 1.54) is 27.7 Å². The number of esters is 1. The number of ether oxygens (including phenoxy) is 3. The van der Waals surface area contributed by atoms with Crippen LogP contribution in [-0.4, -0.2) is 76.4 Å². The summed E-state index contributed by atoms with van der Waals surface area (Å²) in [5, 5.41) is 19.1. The molecule has 0 amide bonds. The van der Waals surface area contributed by atoms with Gasteiger partial charge in [-0.25, -0.2) is 4.79 Å². The maximum atomic E-state index is 13.1. The third-order valence-corrected chi connectivity index (χ3v) is 6.21. The first-order chi connectivity index (χ1) is 16.2. The molecule has 0 fully saturated rings. The molecule has 0 radical (unpaired) electrons. The Morgan fingerprint density at radius 2 is 1.27 bits per heavy atom. The van der Waals surface area contributed by atoms with Crippen molar-refractivity contribution in [3.05, 3.63) is 12.2 Å². The van der Waals surface area contributed by atoms with Gasteiger partial charge in [-0.1, -0.05) is 20.4 Å². The number of rotatable bonds is 13. The molecule has 0 saturated carbocycles. The van der Waals surface area contributed by atoms with Crippen LogP contribution < -0.4 is 0 Å². The van der Waals surface area contributed by atoms with Crippen LogP contribution >= 0.6 is 0 Å². The summed E-state index contributed by atoms with van der Waals surface area (Å²) in [5.41, 5.74) is -12.5. The van der Waals surface area contributed by atoms with E-state index in [-0.39, 0.29) is 18.4 Å². The zero-order valence-corrected chi connectivity index (χ0v) is 21.2. The lowest BCUT2D eigenvalue weighted by Crippen LogP contribution is -2.61. The predicted molar refractivity (Wildman–Crippen MR) is 112 cm³/mol. The molecule has 0 bridgehead atoms. The van der Waals surface area contributed by atoms with Crippen LogP contribution in [0.4, 0.5) is 39.5 Å². The number of hydrogen-bond acceptors (Lipinski definition) is 6. The van der Waals surface area contributed by atoms with Crippen molar-refractivity contribution in [3.8, 4) is 0 Å². The van der Waals surface area contributed by atoms with Crippen molar-refractivity contribution in [2.75, 3.05) is 13.2 Å². The highest BCUT2D eigenvalue weighted by Crippen LogP contribution is 2.44. The Labute approximate surface area is 208 Å². The van der Waals surface area contributed by atoms with Crippen molar-refractivity contribution < 1.29 is 68.7 Å². The van der Waals surface area contributed by atoms with Gasteiger partial charge in [0.2, 0.25) is 0 Å². The van der Waals surface area contributed by atoms with Gasteiger partial charge in [0.25, 0.3) is 5.60 Å². The highest BCUT2D eigenvalue weighted by molar-refractivity contribution is 5.87. The number of carbonyl (C=O) groups excluding carboxylic acids is 1. The van der Waals surface area contributed by atoms with Gasteiger partial charge in [0.15, 0.2) is 5.60 Å². The van der Waals surface area contributed by atoms with Gasteiger partial charge in [-0.15, -0.1) is 0 Å². The van der Waals surface area contributed by atoms with Crippen molar-refractivity contribution in [2.24, 2.45) is 0 Å². The second-order valence-electron chi connectivity index (χ2n) is 9.55. The summed E-state index contributed by atoms with van der Waals surface area (Å²) in [6, 6.07) is 0. The molecule has 0 rings (SSSR count). The summed E-state index contributed by atoms with van der Waals surface area (Å²) >= 11 is 0. The molecule has 0 aliphatic carbocycles. The summed E-state index contributed by atoms with van der Waals surface area (Å²) in [7, 11) is 0. The van der Waals surface area contributed by atoms with Crippen LogP contribution in [0.25, 0.3) is 0 Å². The van der Waals surface area contributed by atoms with Crippen LogP contribution in [0.15, 0.2) is 12.2 Å². The molecule has 0 heterocycles. The predicted octanol–water partition coefficient (Wildman–Crippen LogP) is 5.40. The van der Waals surface area contributed by atoms with Gasteiger partial charge in [-0.3, -0.25) is 0 Å². The number of halogens is 9. The molecule has 0 saturated heterocycles. The van der Waals surface area contributed by atoms with Gasteiger partial charge >= 0.3 is 24.5 Å². The molecule has 220 valence electrons. The van der Waals surface area contributed by atoms with E-state index in [1.54, 1.807) is 0 Å². The highest BCUT2D eigenvalue weighted by Gasteiger charge is 2.71. The van der Waals surface area contributed by atoms with Crippen LogP contribution in [0.1, 0.15) is 60.8 Å². The molecule has 4 unspecified atom stereocenters. The van der Waals surface area contributed by atoms with E-state index >= 15 is 0 Å². The van der Waals surface area contributed by atoms with Crippen LogP contribution in [-0.2, 0) is 19.0 Å². The maximum absolute atomic E-state index is 13.1. The minimum absolute atomic E-state index is 0.173. The molecule has 2 N–H and O–H groups in total. The number of hydrogen-bond donors (Lipinski definition) is 2. The fourth-order valence-electron chi connectivity index (χ4n) is 2.72. The average molecular weight is 564 g/mol. The first kappa shape index (κ1) is 35.4. The standard InChI is InChI=1S/C22H33F9O6/c1-8-16(5,35-12-19(34,21(26,27)28)22(29,30)31)10-14(37-15(32)13(3)4)17(6,9-2)36-11-18(7,33)20(23,24)25/h14,33-34H,3,8-12H2,1-2,4-7H3. The summed E-state index contributed by atoms with van der Waals surface area (Å²) in [4.78, 5) is 12.2. The molecular weight excluding hydrogens is 531 g/mol. The van der Waals surface area contributed by atoms with Gasteiger partial charge in [-0.2, -0.15) is 39.5 Å². The minimum atomic E-state index is -6.16. The summed E-state index contributed by atoms with van der Waals surface area (Å²) < 4.78 is 133. The molecule has 4 atom stereocenters. The lowest BCUT2D eigenvalue weighted by Gasteiger charge is -2.43. The SMILES string of the molecule is C=C(C)C(=O)OC(CC(C)(CC)OCC(O)(C(F)(F)F)C(F)(F)F)C(C)(CC)OCC(C)(O)C(F)(F)F. The van der Waals surface area contributed by atoms with Crippen LogP contribution in [0.5, 0.6) is 0 Å². The third kappa shape index (κ3) is 8.72. The summed E-state index contributed by atoms with van der Waals surface area (Å²) in [5.74, 6) is -1.07. The highest BCUT2D eigenvalue weighted by atomic mass is 19.4. The second kappa shape index (κ2) is 11.7. The lowest BCUT2D eigenvalue weighted by molar-refractivity contribution is -0.383. The topological polar surface area (TPSA) is 85.2 Å². The van der Waals surface area contributed by atoms with Crippen LogP contribution in [0, 0.1) is 0 Å². The largest absolute Gasteiger partial charge is 0.456 e. The van der Waals surface area contributed by atoms with E-state index in [4.69, 9.17) is 14.2 Å². The van der Waals surface area contributed by atoms with E-state index in [2.05, 4.69) is 6.58 Å². The minimum Gasteiger partial charge on any atom is -0.456 e. The van der Waals surface area contributed by atoms with Gasteiger partial charge in [0.1, 0.15) is 11.7 Å². The third-order valence-electron chi connectivity index (χ3n) is 6.21. The second-order valence-corrected chi connectivity index (χ2v) is 9.55. The molecule has 0 aliphatic rings. The normalized spacial score (nSPS) is 19.4. The van der Waals surface area contributed by atoms with E-state index in [1.807, 2.05) is 0 Å². The molecule has 0 aliphatic heterocycles. The van der Waals surface area contributed by atoms with Crippen molar-refractivity contribution in [2.45, 2.75) is 108 Å². The lowest BCUT2D eigenvalue weighted by atomic mass is 9.84. The van der Waals surface area contributed by atoms with Crippen molar-refractivity contribution in [3.63, 3.8) is 0 Å². The van der Waals surface area contributed by atoms with Gasteiger partial charge in [0, 0.05) is 12.0 Å². The molecule has 0 spiro atoms. The smallest absolute Gasteiger partial charge is 0.428 e. The number of aliphatic hydroxyl groups is 2. The zero-order chi connectivity index (χ0) is 29.9. The van der Waals surface area contributed by atoms with Gasteiger partial charge < -0.3 is 24.4 Å². The Bertz CT molecular complexity index is 777. The quantitative estimate of drug-likeness (QED) is 0.177. The number of alkyl halides is 9. The first-order valence-electron chi connectivity index (χ1n) is 11.0. The Kier molecular flexibility index (Phi) is 11.2. The average Bonchev–Trinajstić information content (AvgIpc) is 2.72. The fraction of sp³-hybridized carbons (Fsp3) is 0.864. The van der Waals surface area contributed by atoms with Gasteiger partial charge in [0.05, 0.1) is 18.8 Å². The Morgan fingerprint density at radius 1 is 0.811 bits per heavy atom. The Hall–Kier alpha value is -1.58. The van der Waals surface area contributed by atoms with E-state index in [0.29, 0.717) is 6.92 Å². The Balaban J connectivity index is 6.27. The van der Waals surface area contributed by atoms with Crippen molar-refractivity contribution in [1.29, 1.82) is 0 Å². The van der Waals surface area contributed by atoms with Crippen molar-refractivity contribution >= 4 is 5.97 Å². The molecule has 0 aromatic carbocycles. The van der Waals surface area contributed by atoms with E-state index < -0.39 is 72.6 Å². The monoisotopic (exact) mass is 564 g/mol. The number of carbonyl (C=O) groups is 1. The van der Waals surface area contributed by atoms with E-state index in [9.17, 15) is 54.5 Å². The van der Waals surface area contributed by atoms with E-state index in [0.717, 1.165) is 6.92 Å². The van der Waals surface area contributed by atoms with Gasteiger partial charge in [-0.05, 0) is 40.5 Å². The first-order valence-corrected chi connectivity index (χ1v) is 11.0. The molecule has 0 aromatic heterocycles. The molecule has 6 nitrogen and oxygen atoms in total. The fourth-order valence-corrected chi connectivity index (χ4v) is 2.72. The summed E-state index contributed by atoms with van der Waals surface area (Å²) in [6.45, 7) is 6.37. The Morgan fingerprint density at radius 3 is 1.59 bits per heavy atom. The molecule has 37 heavy (non-hydrogen) atoms. The van der Waals surface area contributed by atoms with Crippen LogP contribution in [0.2, 0.25) is 0 Å². The van der Waals surface area contributed by atoms with Crippen molar-refractivity contribution in [1.82, 2.24) is 0 Å². The zero-order valence-electron chi connectivity index (χ0n) is 21.2.